The summed E-state index contributed by atoms with van der Waals surface area (Å²) in [4.78, 5) is 13.4. The van der Waals surface area contributed by atoms with Crippen LogP contribution in [0.4, 0.5) is 0 Å². The third-order valence-electron chi connectivity index (χ3n) is 2.58. The number of aryl methyl sites for hydroxylation is 1. The summed E-state index contributed by atoms with van der Waals surface area (Å²) in [5.41, 5.74) is 0.625. The van der Waals surface area contributed by atoms with Crippen molar-refractivity contribution in [3.05, 3.63) is 23.5 Å². The summed E-state index contributed by atoms with van der Waals surface area (Å²) in [5, 5.41) is 18.6. The maximum Gasteiger partial charge on any atom is 0.306 e. The zero-order valence-corrected chi connectivity index (χ0v) is 7.08. The van der Waals surface area contributed by atoms with Gasteiger partial charge in [-0.2, -0.15) is 0 Å². The lowest BCUT2D eigenvalue weighted by atomic mass is 9.94. The number of aliphatic hydroxyl groups is 1. The second-order valence-electron chi connectivity index (χ2n) is 3.50. The van der Waals surface area contributed by atoms with Gasteiger partial charge in [0.1, 0.15) is 5.60 Å². The van der Waals surface area contributed by atoms with E-state index in [0.29, 0.717) is 6.42 Å². The Hall–Kier alpha value is -1.29. The van der Waals surface area contributed by atoms with E-state index >= 15 is 0 Å². The smallest absolute Gasteiger partial charge is 0.306 e. The molecule has 0 saturated heterocycles. The van der Waals surface area contributed by atoms with Gasteiger partial charge in [0.25, 0.3) is 0 Å². The average molecular weight is 181 g/mol. The van der Waals surface area contributed by atoms with Crippen molar-refractivity contribution in [1.82, 2.24) is 4.98 Å². The molecular weight excluding hydrogens is 170 g/mol. The summed E-state index contributed by atoms with van der Waals surface area (Å²) >= 11 is 0. The van der Waals surface area contributed by atoms with E-state index in [2.05, 4.69) is 4.98 Å². The first-order valence-corrected chi connectivity index (χ1v) is 4.22. The number of nitrogens with one attached hydrogen (secondary N) is 1. The van der Waals surface area contributed by atoms with Crippen molar-refractivity contribution >= 4 is 5.97 Å². The van der Waals surface area contributed by atoms with Gasteiger partial charge in [-0.3, -0.25) is 4.79 Å². The van der Waals surface area contributed by atoms with E-state index < -0.39 is 11.6 Å². The van der Waals surface area contributed by atoms with Crippen LogP contribution >= 0.6 is 0 Å². The first-order chi connectivity index (χ1) is 6.12. The van der Waals surface area contributed by atoms with Crippen LogP contribution in [0.5, 0.6) is 0 Å². The maximum atomic E-state index is 10.5. The van der Waals surface area contributed by atoms with Gasteiger partial charge < -0.3 is 15.2 Å². The zero-order valence-electron chi connectivity index (χ0n) is 7.08. The fraction of sp³-hybridized carbons (Fsp3) is 0.444. The Bertz CT molecular complexity index is 344. The number of carbonyl (C=O) groups is 1. The Kier molecular flexibility index (Phi) is 1.66. The number of hydrogen-bond donors (Lipinski definition) is 3. The summed E-state index contributed by atoms with van der Waals surface area (Å²) in [7, 11) is 0. The van der Waals surface area contributed by atoms with Crippen LogP contribution in [-0.4, -0.2) is 21.2 Å². The van der Waals surface area contributed by atoms with E-state index in [-0.39, 0.29) is 6.42 Å². The molecule has 1 atom stereocenters. The topological polar surface area (TPSA) is 73.3 Å². The van der Waals surface area contributed by atoms with Gasteiger partial charge in [0.15, 0.2) is 0 Å². The van der Waals surface area contributed by atoms with Crippen molar-refractivity contribution in [1.29, 1.82) is 0 Å². The van der Waals surface area contributed by atoms with E-state index in [1.807, 2.05) is 6.20 Å². The Labute approximate surface area is 75.2 Å². The predicted molar refractivity (Wildman–Crippen MR) is 45.3 cm³/mol. The molecule has 1 aliphatic rings. The lowest BCUT2D eigenvalue weighted by molar-refractivity contribution is -0.142. The Morgan fingerprint density at radius 3 is 3.08 bits per heavy atom. The predicted octanol–water partition coefficient (Wildman–Crippen LogP) is 0.623. The lowest BCUT2D eigenvalue weighted by Gasteiger charge is -2.20. The van der Waals surface area contributed by atoms with Crippen LogP contribution in [0.15, 0.2) is 12.4 Å². The Balaban J connectivity index is 2.32. The Morgan fingerprint density at radius 1 is 1.62 bits per heavy atom. The van der Waals surface area contributed by atoms with Crippen molar-refractivity contribution in [2.75, 3.05) is 0 Å². The SMILES string of the molecule is O=C(O)CC1(O)CCc2c[nH]cc21. The molecule has 13 heavy (non-hydrogen) atoms. The normalized spacial score (nSPS) is 25.9. The number of carboxylic acid groups (broad SMARTS) is 1. The fourth-order valence-corrected chi connectivity index (χ4v) is 1.95. The molecule has 4 nitrogen and oxygen atoms in total. The molecule has 0 bridgehead atoms. The highest BCUT2D eigenvalue weighted by atomic mass is 16.4. The van der Waals surface area contributed by atoms with Gasteiger partial charge in [0, 0.05) is 18.0 Å². The Morgan fingerprint density at radius 2 is 2.38 bits per heavy atom. The minimum Gasteiger partial charge on any atom is -0.481 e. The summed E-state index contributed by atoms with van der Waals surface area (Å²) in [6.45, 7) is 0. The van der Waals surface area contributed by atoms with Crippen LogP contribution in [0.3, 0.4) is 0 Å². The molecule has 1 unspecified atom stereocenters. The molecule has 1 aromatic heterocycles. The number of hydrogen-bond acceptors (Lipinski definition) is 2. The highest BCUT2D eigenvalue weighted by Crippen LogP contribution is 2.39. The monoisotopic (exact) mass is 181 g/mol. The highest BCUT2D eigenvalue weighted by molar-refractivity contribution is 5.69. The van der Waals surface area contributed by atoms with Gasteiger partial charge in [-0.1, -0.05) is 0 Å². The summed E-state index contributed by atoms with van der Waals surface area (Å²) in [6.07, 6.45) is 4.56. The van der Waals surface area contributed by atoms with Gasteiger partial charge in [0.2, 0.25) is 0 Å². The van der Waals surface area contributed by atoms with Crippen LogP contribution in [0.1, 0.15) is 24.0 Å². The van der Waals surface area contributed by atoms with Crippen LogP contribution in [0.25, 0.3) is 0 Å². The van der Waals surface area contributed by atoms with Gasteiger partial charge in [-0.25, -0.2) is 0 Å². The summed E-state index contributed by atoms with van der Waals surface area (Å²) < 4.78 is 0. The van der Waals surface area contributed by atoms with Crippen molar-refractivity contribution < 1.29 is 15.0 Å². The number of fused-ring (bicyclic) bond motifs is 1. The van der Waals surface area contributed by atoms with E-state index in [1.165, 1.54) is 0 Å². The number of H-pyrrole nitrogens is 1. The molecule has 0 aromatic carbocycles. The third-order valence-corrected chi connectivity index (χ3v) is 2.58. The van der Waals surface area contributed by atoms with Gasteiger partial charge in [-0.05, 0) is 18.4 Å². The van der Waals surface area contributed by atoms with Crippen LogP contribution in [0.2, 0.25) is 0 Å². The average Bonchev–Trinajstić information content (AvgIpc) is 2.54. The van der Waals surface area contributed by atoms with Crippen molar-refractivity contribution in [3.63, 3.8) is 0 Å². The number of aromatic nitrogens is 1. The van der Waals surface area contributed by atoms with E-state index in [0.717, 1.165) is 17.5 Å². The fourth-order valence-electron chi connectivity index (χ4n) is 1.95. The molecule has 70 valence electrons. The molecule has 0 aliphatic heterocycles. The molecule has 0 saturated carbocycles. The van der Waals surface area contributed by atoms with Gasteiger partial charge in [-0.15, -0.1) is 0 Å². The highest BCUT2D eigenvalue weighted by Gasteiger charge is 2.39. The molecule has 1 aromatic rings. The third kappa shape index (κ3) is 1.23. The summed E-state index contributed by atoms with van der Waals surface area (Å²) in [6, 6.07) is 0. The van der Waals surface area contributed by atoms with Crippen molar-refractivity contribution in [2.45, 2.75) is 24.9 Å². The van der Waals surface area contributed by atoms with E-state index in [9.17, 15) is 9.90 Å². The molecule has 0 spiro atoms. The second-order valence-corrected chi connectivity index (χ2v) is 3.50. The molecule has 3 N–H and O–H groups in total. The van der Waals surface area contributed by atoms with Crippen LogP contribution in [-0.2, 0) is 16.8 Å². The molecule has 2 rings (SSSR count). The molecule has 0 radical (unpaired) electrons. The van der Waals surface area contributed by atoms with Crippen molar-refractivity contribution in [3.8, 4) is 0 Å². The maximum absolute atomic E-state index is 10.5. The summed E-state index contributed by atoms with van der Waals surface area (Å²) in [5.74, 6) is -0.962. The molecule has 1 heterocycles. The number of rotatable bonds is 2. The molecule has 4 heteroatoms. The first-order valence-electron chi connectivity index (χ1n) is 4.22. The first kappa shape index (κ1) is 8.31. The standard InChI is InChI=1S/C9H11NO3/c11-8(12)3-9(13)2-1-6-4-10-5-7(6)9/h4-5,10,13H,1-3H2,(H,11,12). The molecule has 1 aliphatic carbocycles. The minimum atomic E-state index is -1.15. The molecular formula is C9H11NO3. The van der Waals surface area contributed by atoms with E-state index in [4.69, 9.17) is 5.11 Å². The lowest BCUT2D eigenvalue weighted by Crippen LogP contribution is -2.25. The van der Waals surface area contributed by atoms with Crippen molar-refractivity contribution in [2.24, 2.45) is 0 Å². The zero-order chi connectivity index (χ0) is 9.47. The number of aliphatic carboxylic acids is 1. The minimum absolute atomic E-state index is 0.210. The van der Waals surface area contributed by atoms with Crippen LogP contribution < -0.4 is 0 Å². The van der Waals surface area contributed by atoms with E-state index in [1.54, 1.807) is 6.20 Å². The second kappa shape index (κ2) is 2.60. The molecule has 0 fully saturated rings. The quantitative estimate of drug-likeness (QED) is 0.626. The van der Waals surface area contributed by atoms with Crippen LogP contribution in [0, 0.1) is 0 Å². The van der Waals surface area contributed by atoms with Gasteiger partial charge >= 0.3 is 5.97 Å². The largest absolute Gasteiger partial charge is 0.481 e. The van der Waals surface area contributed by atoms with Gasteiger partial charge in [0.05, 0.1) is 6.42 Å². The number of aromatic amines is 1. The number of carboxylic acids is 1. The molecule has 0 amide bonds.